The second-order valence-corrected chi connectivity index (χ2v) is 4.52. The average molecular weight is 252 g/mol. The van der Waals surface area contributed by atoms with E-state index in [1.54, 1.807) is 6.92 Å². The van der Waals surface area contributed by atoms with Crippen LogP contribution in [0.1, 0.15) is 26.7 Å². The van der Waals surface area contributed by atoms with Crippen molar-refractivity contribution in [1.82, 2.24) is 5.32 Å². The molecule has 3 nitrogen and oxygen atoms in total. The molecule has 13 heavy (non-hydrogen) atoms. The van der Waals surface area contributed by atoms with E-state index < -0.39 is 0 Å². The van der Waals surface area contributed by atoms with Crippen molar-refractivity contribution in [2.75, 3.05) is 13.2 Å². The number of aliphatic hydroxyl groups is 1. The summed E-state index contributed by atoms with van der Waals surface area (Å²) < 4.78 is 0. The van der Waals surface area contributed by atoms with Crippen LogP contribution in [0.15, 0.2) is 0 Å². The molecule has 2 unspecified atom stereocenters. The SMILES string of the molecule is CCC(CCO)CNC(=O)C(C)Br. The van der Waals surface area contributed by atoms with Crippen molar-refractivity contribution in [2.45, 2.75) is 31.5 Å². The summed E-state index contributed by atoms with van der Waals surface area (Å²) >= 11 is 3.19. The van der Waals surface area contributed by atoms with Gasteiger partial charge >= 0.3 is 0 Å². The van der Waals surface area contributed by atoms with Crippen LogP contribution in [-0.2, 0) is 4.79 Å². The third-order valence-corrected chi connectivity index (χ3v) is 2.46. The normalized spacial score (nSPS) is 15.1. The second kappa shape index (κ2) is 7.33. The average Bonchev–Trinajstić information content (AvgIpc) is 2.11. The van der Waals surface area contributed by atoms with Gasteiger partial charge in [-0.1, -0.05) is 29.3 Å². The molecule has 0 aromatic carbocycles. The van der Waals surface area contributed by atoms with Crippen LogP contribution < -0.4 is 5.32 Å². The number of alkyl halides is 1. The molecule has 2 atom stereocenters. The van der Waals surface area contributed by atoms with Gasteiger partial charge in [-0.2, -0.15) is 0 Å². The zero-order valence-corrected chi connectivity index (χ0v) is 9.80. The number of amides is 1. The zero-order chi connectivity index (χ0) is 10.3. The minimum Gasteiger partial charge on any atom is -0.396 e. The Labute approximate surface area is 88.0 Å². The maximum Gasteiger partial charge on any atom is 0.233 e. The van der Waals surface area contributed by atoms with E-state index in [0.717, 1.165) is 12.8 Å². The van der Waals surface area contributed by atoms with Gasteiger partial charge in [-0.05, 0) is 19.3 Å². The van der Waals surface area contributed by atoms with E-state index in [2.05, 4.69) is 28.2 Å². The van der Waals surface area contributed by atoms with E-state index in [9.17, 15) is 4.79 Å². The Morgan fingerprint density at radius 3 is 2.62 bits per heavy atom. The molecular weight excluding hydrogens is 234 g/mol. The third-order valence-electron chi connectivity index (χ3n) is 2.04. The Hall–Kier alpha value is -0.0900. The van der Waals surface area contributed by atoms with Crippen LogP contribution >= 0.6 is 15.9 Å². The van der Waals surface area contributed by atoms with Gasteiger partial charge in [-0.15, -0.1) is 0 Å². The fourth-order valence-corrected chi connectivity index (χ4v) is 1.18. The third kappa shape index (κ3) is 6.05. The largest absolute Gasteiger partial charge is 0.396 e. The van der Waals surface area contributed by atoms with Gasteiger partial charge in [-0.3, -0.25) is 4.79 Å². The molecule has 0 heterocycles. The van der Waals surface area contributed by atoms with Crippen LogP contribution in [-0.4, -0.2) is 29.0 Å². The van der Waals surface area contributed by atoms with E-state index in [0.29, 0.717) is 12.5 Å². The lowest BCUT2D eigenvalue weighted by Gasteiger charge is -2.14. The fourth-order valence-electron chi connectivity index (χ4n) is 1.02. The molecular formula is C9H18BrNO2. The highest BCUT2D eigenvalue weighted by molar-refractivity contribution is 9.10. The Bertz CT molecular complexity index is 151. The van der Waals surface area contributed by atoms with Crippen molar-refractivity contribution in [3.05, 3.63) is 0 Å². The molecule has 0 aliphatic rings. The second-order valence-electron chi connectivity index (χ2n) is 3.15. The quantitative estimate of drug-likeness (QED) is 0.700. The van der Waals surface area contributed by atoms with Crippen LogP contribution in [0.25, 0.3) is 0 Å². The predicted octanol–water partition coefficient (Wildman–Crippen LogP) is 1.29. The highest BCUT2D eigenvalue weighted by Crippen LogP contribution is 2.06. The highest BCUT2D eigenvalue weighted by atomic mass is 79.9. The summed E-state index contributed by atoms with van der Waals surface area (Å²) in [6.45, 7) is 4.70. The lowest BCUT2D eigenvalue weighted by atomic mass is 10.0. The number of nitrogens with one attached hydrogen (secondary N) is 1. The fraction of sp³-hybridized carbons (Fsp3) is 0.889. The number of hydrogen-bond donors (Lipinski definition) is 2. The molecule has 2 N–H and O–H groups in total. The maximum absolute atomic E-state index is 11.1. The highest BCUT2D eigenvalue weighted by Gasteiger charge is 2.11. The Kier molecular flexibility index (Phi) is 7.28. The van der Waals surface area contributed by atoms with Gasteiger partial charge in [-0.25, -0.2) is 0 Å². The van der Waals surface area contributed by atoms with E-state index in [-0.39, 0.29) is 17.3 Å². The Balaban J connectivity index is 3.65. The summed E-state index contributed by atoms with van der Waals surface area (Å²) in [6, 6.07) is 0. The van der Waals surface area contributed by atoms with Crippen molar-refractivity contribution >= 4 is 21.8 Å². The van der Waals surface area contributed by atoms with Crippen molar-refractivity contribution in [2.24, 2.45) is 5.92 Å². The number of carbonyl (C=O) groups excluding carboxylic acids is 1. The molecule has 0 saturated heterocycles. The van der Waals surface area contributed by atoms with Gasteiger partial charge in [0.05, 0.1) is 4.83 Å². The van der Waals surface area contributed by atoms with Gasteiger partial charge in [0, 0.05) is 13.2 Å². The topological polar surface area (TPSA) is 49.3 Å². The molecule has 0 rings (SSSR count). The van der Waals surface area contributed by atoms with Crippen molar-refractivity contribution in [1.29, 1.82) is 0 Å². The molecule has 78 valence electrons. The summed E-state index contributed by atoms with van der Waals surface area (Å²) in [4.78, 5) is 11.0. The van der Waals surface area contributed by atoms with Crippen LogP contribution in [0.2, 0.25) is 0 Å². The Morgan fingerprint density at radius 2 is 2.23 bits per heavy atom. The first-order valence-electron chi connectivity index (χ1n) is 4.64. The lowest BCUT2D eigenvalue weighted by Crippen LogP contribution is -2.33. The first kappa shape index (κ1) is 12.9. The zero-order valence-electron chi connectivity index (χ0n) is 8.22. The lowest BCUT2D eigenvalue weighted by molar-refractivity contribution is -0.120. The van der Waals surface area contributed by atoms with E-state index in [1.165, 1.54) is 0 Å². The van der Waals surface area contributed by atoms with Gasteiger partial charge in [0.15, 0.2) is 0 Å². The maximum atomic E-state index is 11.1. The molecule has 0 aromatic heterocycles. The van der Waals surface area contributed by atoms with Crippen LogP contribution in [0.4, 0.5) is 0 Å². The first-order chi connectivity index (χ1) is 6.11. The smallest absolute Gasteiger partial charge is 0.233 e. The number of hydrogen-bond acceptors (Lipinski definition) is 2. The number of carbonyl (C=O) groups is 1. The van der Waals surface area contributed by atoms with Gasteiger partial charge in [0.1, 0.15) is 0 Å². The van der Waals surface area contributed by atoms with Gasteiger partial charge < -0.3 is 10.4 Å². The minimum absolute atomic E-state index is 0.0105. The van der Waals surface area contributed by atoms with Crippen molar-refractivity contribution in [3.63, 3.8) is 0 Å². The van der Waals surface area contributed by atoms with Gasteiger partial charge in [0.25, 0.3) is 0 Å². The Morgan fingerprint density at radius 1 is 1.62 bits per heavy atom. The van der Waals surface area contributed by atoms with Crippen LogP contribution in [0, 0.1) is 5.92 Å². The predicted molar refractivity (Wildman–Crippen MR) is 56.9 cm³/mol. The molecule has 1 amide bonds. The molecule has 0 spiro atoms. The summed E-state index contributed by atoms with van der Waals surface area (Å²) in [5, 5.41) is 11.5. The van der Waals surface area contributed by atoms with Crippen molar-refractivity contribution < 1.29 is 9.90 Å². The molecule has 0 saturated carbocycles. The van der Waals surface area contributed by atoms with Crippen LogP contribution in [0.5, 0.6) is 0 Å². The van der Waals surface area contributed by atoms with E-state index in [1.807, 2.05) is 0 Å². The first-order valence-corrected chi connectivity index (χ1v) is 5.56. The molecule has 4 heteroatoms. The summed E-state index contributed by atoms with van der Waals surface area (Å²) in [5.41, 5.74) is 0. The molecule has 0 bridgehead atoms. The molecule has 0 aliphatic heterocycles. The van der Waals surface area contributed by atoms with Crippen molar-refractivity contribution in [3.8, 4) is 0 Å². The summed E-state index contributed by atoms with van der Waals surface area (Å²) in [7, 11) is 0. The monoisotopic (exact) mass is 251 g/mol. The molecule has 0 radical (unpaired) electrons. The number of aliphatic hydroxyl groups excluding tert-OH is 1. The number of halogens is 1. The molecule has 0 fully saturated rings. The van der Waals surface area contributed by atoms with Gasteiger partial charge in [0.2, 0.25) is 5.91 Å². The van der Waals surface area contributed by atoms with E-state index >= 15 is 0 Å². The standard InChI is InChI=1S/C9H18BrNO2/c1-3-8(4-5-12)6-11-9(13)7(2)10/h7-8,12H,3-6H2,1-2H3,(H,11,13). The molecule has 0 aromatic rings. The van der Waals surface area contributed by atoms with Crippen LogP contribution in [0.3, 0.4) is 0 Å². The molecule has 0 aliphatic carbocycles. The summed E-state index contributed by atoms with van der Waals surface area (Å²) in [6.07, 6.45) is 1.74. The minimum atomic E-state index is -0.140. The summed E-state index contributed by atoms with van der Waals surface area (Å²) in [5.74, 6) is 0.400. The number of rotatable bonds is 6. The van der Waals surface area contributed by atoms with E-state index in [4.69, 9.17) is 5.11 Å².